The van der Waals surface area contributed by atoms with Gasteiger partial charge in [-0.15, -0.1) is 0 Å². The number of rotatable bonds is 2. The number of halogens is 2. The molecule has 0 saturated heterocycles. The molecular weight excluding hydrogens is 207 g/mol. The predicted molar refractivity (Wildman–Crippen MR) is 47.8 cm³/mol. The van der Waals surface area contributed by atoms with Gasteiger partial charge >= 0.3 is 0 Å². The molecule has 1 aromatic carbocycles. The zero-order chi connectivity index (χ0) is 10.6. The number of benzene rings is 1. The minimum Gasteiger partial charge on any atom is -0.211 e. The van der Waals surface area contributed by atoms with Crippen molar-refractivity contribution < 1.29 is 9.18 Å². The summed E-state index contributed by atoms with van der Waals surface area (Å²) in [6.07, 6.45) is 1.23. The van der Waals surface area contributed by atoms with E-state index in [2.05, 4.69) is 4.99 Å². The number of carbonyl (C=O) groups excluding carboxylic acids is 1. The topological polar surface area (TPSA) is 53.2 Å². The highest BCUT2D eigenvalue weighted by atomic mass is 35.5. The van der Waals surface area contributed by atoms with E-state index in [4.69, 9.17) is 16.9 Å². The van der Waals surface area contributed by atoms with Crippen LogP contribution in [0, 0.1) is 17.1 Å². The van der Waals surface area contributed by atoms with E-state index in [1.54, 1.807) is 6.07 Å². The maximum atomic E-state index is 13.2. The Morgan fingerprint density at radius 2 is 2.29 bits per heavy atom. The molecule has 3 nitrogen and oxygen atoms in total. The summed E-state index contributed by atoms with van der Waals surface area (Å²) in [6.45, 7) is 0. The Kier molecular flexibility index (Phi) is 3.35. The molecule has 0 heterocycles. The van der Waals surface area contributed by atoms with E-state index < -0.39 is 11.3 Å². The number of hydrogen-bond acceptors (Lipinski definition) is 3. The summed E-state index contributed by atoms with van der Waals surface area (Å²) in [6, 6.07) is 5.52. The van der Waals surface area contributed by atoms with E-state index >= 15 is 0 Å². The second-order valence-corrected chi connectivity index (χ2v) is 2.82. The lowest BCUT2D eigenvalue weighted by atomic mass is 10.1. The van der Waals surface area contributed by atoms with Gasteiger partial charge in [-0.05, 0) is 12.1 Å². The Bertz CT molecular complexity index is 435. The molecule has 0 fully saturated rings. The third kappa shape index (κ3) is 2.17. The van der Waals surface area contributed by atoms with E-state index in [-0.39, 0.29) is 11.1 Å². The van der Waals surface area contributed by atoms with E-state index in [1.165, 1.54) is 18.2 Å². The summed E-state index contributed by atoms with van der Waals surface area (Å²) >= 11 is 5.56. The molecule has 0 amide bonds. The zero-order valence-corrected chi connectivity index (χ0v) is 7.62. The number of aliphatic imine (C=N–C) groups is 1. The first kappa shape index (κ1) is 10.4. The molecule has 0 aromatic heterocycles. The molecule has 0 unspecified atom stereocenters. The van der Waals surface area contributed by atoms with E-state index in [0.29, 0.717) is 0 Å². The molecule has 0 saturated carbocycles. The van der Waals surface area contributed by atoms with Crippen molar-refractivity contribution in [2.24, 2.45) is 4.99 Å². The minimum absolute atomic E-state index is 0.0500. The normalized spacial score (nSPS) is 11.2. The minimum atomic E-state index is -1.10. The second kappa shape index (κ2) is 4.52. The van der Waals surface area contributed by atoms with Crippen molar-refractivity contribution in [2.45, 2.75) is 5.50 Å². The van der Waals surface area contributed by atoms with Gasteiger partial charge in [0.15, 0.2) is 5.50 Å². The summed E-state index contributed by atoms with van der Waals surface area (Å²) < 4.78 is 13.2. The van der Waals surface area contributed by atoms with Gasteiger partial charge in [-0.2, -0.15) is 10.3 Å². The van der Waals surface area contributed by atoms with Crippen molar-refractivity contribution in [3.63, 3.8) is 0 Å². The monoisotopic (exact) mass is 210 g/mol. The first-order valence-corrected chi connectivity index (χ1v) is 4.03. The molecule has 1 aromatic rings. The highest BCUT2D eigenvalue weighted by Gasteiger charge is 2.11. The molecule has 14 heavy (non-hydrogen) atoms. The van der Waals surface area contributed by atoms with Crippen LogP contribution in [0.2, 0.25) is 0 Å². The average molecular weight is 211 g/mol. The van der Waals surface area contributed by atoms with E-state index in [1.807, 2.05) is 0 Å². The Balaban J connectivity index is 3.13. The lowest BCUT2D eigenvalue weighted by Crippen LogP contribution is -1.92. The van der Waals surface area contributed by atoms with Crippen LogP contribution in [-0.4, -0.2) is 6.08 Å². The Hall–Kier alpha value is -1.69. The van der Waals surface area contributed by atoms with Crippen LogP contribution < -0.4 is 0 Å². The number of alkyl halides is 1. The van der Waals surface area contributed by atoms with Gasteiger partial charge in [0.1, 0.15) is 5.82 Å². The number of isocyanates is 1. The standard InChI is InChI=1S/C9H4ClFN2O/c10-9(13-5-14)7-2-1-6(4-12)3-8(7)11/h1-3,9H/t9-/m1/s1. The van der Waals surface area contributed by atoms with Gasteiger partial charge in [0.2, 0.25) is 6.08 Å². The van der Waals surface area contributed by atoms with Crippen molar-refractivity contribution in [3.8, 4) is 6.07 Å². The SMILES string of the molecule is N#Cc1ccc([C@H](Cl)N=C=O)c(F)c1. The molecule has 1 rings (SSSR count). The third-order valence-electron chi connectivity index (χ3n) is 1.55. The number of hydrogen-bond donors (Lipinski definition) is 0. The molecule has 1 atom stereocenters. The lowest BCUT2D eigenvalue weighted by Gasteiger charge is -2.03. The molecular formula is C9H4ClFN2O. The first-order valence-electron chi connectivity index (χ1n) is 3.59. The van der Waals surface area contributed by atoms with Gasteiger partial charge in [-0.1, -0.05) is 17.7 Å². The fourth-order valence-corrected chi connectivity index (χ4v) is 1.12. The summed E-state index contributed by atoms with van der Waals surface area (Å²) in [4.78, 5) is 13.0. The van der Waals surface area contributed by atoms with Crippen molar-refractivity contribution >= 4 is 17.7 Å². The van der Waals surface area contributed by atoms with E-state index in [0.717, 1.165) is 6.07 Å². The molecule has 0 aliphatic rings. The Morgan fingerprint density at radius 3 is 2.79 bits per heavy atom. The highest BCUT2D eigenvalue weighted by molar-refractivity contribution is 6.20. The maximum Gasteiger partial charge on any atom is 0.236 e. The fraction of sp³-hybridized carbons (Fsp3) is 0.111. The molecule has 0 radical (unpaired) electrons. The molecule has 0 N–H and O–H groups in total. The largest absolute Gasteiger partial charge is 0.236 e. The quantitative estimate of drug-likeness (QED) is 0.325. The van der Waals surface area contributed by atoms with Crippen LogP contribution in [0.1, 0.15) is 16.6 Å². The van der Waals surface area contributed by atoms with Crippen molar-refractivity contribution in [1.82, 2.24) is 0 Å². The van der Waals surface area contributed by atoms with Crippen LogP contribution in [0.15, 0.2) is 23.2 Å². The molecule has 0 spiro atoms. The summed E-state index contributed by atoms with van der Waals surface area (Å²) in [5, 5.41) is 8.46. The average Bonchev–Trinajstić information content (AvgIpc) is 2.17. The predicted octanol–water partition coefficient (Wildman–Crippen LogP) is 2.27. The first-order chi connectivity index (χ1) is 6.69. The van der Waals surface area contributed by atoms with Gasteiger partial charge in [0, 0.05) is 5.56 Å². The smallest absolute Gasteiger partial charge is 0.211 e. The lowest BCUT2D eigenvalue weighted by molar-refractivity contribution is 0.561. The zero-order valence-electron chi connectivity index (χ0n) is 6.87. The van der Waals surface area contributed by atoms with Crippen LogP contribution in [0.5, 0.6) is 0 Å². The Morgan fingerprint density at radius 1 is 1.57 bits per heavy atom. The molecule has 5 heteroatoms. The maximum absolute atomic E-state index is 13.2. The molecule has 70 valence electrons. The summed E-state index contributed by atoms with van der Waals surface area (Å²) in [5.74, 6) is -0.664. The van der Waals surface area contributed by atoms with Gasteiger partial charge in [-0.3, -0.25) is 0 Å². The number of nitriles is 1. The van der Waals surface area contributed by atoms with Gasteiger partial charge < -0.3 is 0 Å². The second-order valence-electron chi connectivity index (χ2n) is 2.40. The van der Waals surface area contributed by atoms with Gasteiger partial charge in [-0.25, -0.2) is 9.18 Å². The van der Waals surface area contributed by atoms with Crippen LogP contribution in [0.4, 0.5) is 4.39 Å². The molecule has 0 bridgehead atoms. The van der Waals surface area contributed by atoms with Crippen molar-refractivity contribution in [2.75, 3.05) is 0 Å². The van der Waals surface area contributed by atoms with E-state index in [9.17, 15) is 9.18 Å². The highest BCUT2D eigenvalue weighted by Crippen LogP contribution is 2.24. The molecule has 0 aliphatic carbocycles. The van der Waals surface area contributed by atoms with Crippen LogP contribution in [0.25, 0.3) is 0 Å². The van der Waals surface area contributed by atoms with Crippen LogP contribution in [-0.2, 0) is 4.79 Å². The van der Waals surface area contributed by atoms with Gasteiger partial charge in [0.05, 0.1) is 11.6 Å². The van der Waals surface area contributed by atoms with Crippen LogP contribution in [0.3, 0.4) is 0 Å². The van der Waals surface area contributed by atoms with Crippen molar-refractivity contribution in [3.05, 3.63) is 35.1 Å². The van der Waals surface area contributed by atoms with Gasteiger partial charge in [0.25, 0.3) is 0 Å². The summed E-state index contributed by atoms with van der Waals surface area (Å²) in [5.41, 5.74) is -0.862. The van der Waals surface area contributed by atoms with Crippen molar-refractivity contribution in [1.29, 1.82) is 5.26 Å². The molecule has 0 aliphatic heterocycles. The third-order valence-corrected chi connectivity index (χ3v) is 1.88. The fourth-order valence-electron chi connectivity index (χ4n) is 0.906. The summed E-state index contributed by atoms with van der Waals surface area (Å²) in [7, 11) is 0. The number of nitrogens with zero attached hydrogens (tertiary/aromatic N) is 2. The van der Waals surface area contributed by atoms with Crippen LogP contribution >= 0.6 is 11.6 Å². The Labute approximate surface area is 84.4 Å².